The van der Waals surface area contributed by atoms with Crippen LogP contribution in [0.3, 0.4) is 0 Å². The first-order valence-electron chi connectivity index (χ1n) is 11.2. The van der Waals surface area contributed by atoms with Crippen LogP contribution in [-0.4, -0.2) is 43.3 Å². The first kappa shape index (κ1) is 22.5. The van der Waals surface area contributed by atoms with E-state index in [9.17, 15) is 4.79 Å². The second-order valence-corrected chi connectivity index (χ2v) is 8.00. The molecule has 1 saturated heterocycles. The van der Waals surface area contributed by atoms with Crippen molar-refractivity contribution in [3.8, 4) is 22.8 Å². The molecule has 2 heterocycles. The zero-order valence-corrected chi connectivity index (χ0v) is 18.9. The van der Waals surface area contributed by atoms with E-state index in [4.69, 9.17) is 10.1 Å². The molecule has 0 aliphatic carbocycles. The van der Waals surface area contributed by atoms with Crippen LogP contribution in [-0.2, 0) is 6.42 Å². The Morgan fingerprint density at radius 2 is 2.03 bits per heavy atom. The van der Waals surface area contributed by atoms with Crippen LogP contribution in [0.5, 0.6) is 11.5 Å². The number of nitrogens with zero attached hydrogens (tertiary/aromatic N) is 1. The molecular formula is C26H29N5O2. The van der Waals surface area contributed by atoms with Gasteiger partial charge < -0.3 is 26.1 Å². The normalized spacial score (nSPS) is 14.8. The molecule has 7 nitrogen and oxygen atoms in total. The van der Waals surface area contributed by atoms with Crippen molar-refractivity contribution in [3.63, 3.8) is 0 Å². The molecule has 4 N–H and O–H groups in total. The molecule has 1 aliphatic rings. The third kappa shape index (κ3) is 5.21. The van der Waals surface area contributed by atoms with E-state index in [2.05, 4.69) is 20.9 Å². The van der Waals surface area contributed by atoms with Crippen LogP contribution in [0.2, 0.25) is 0 Å². The number of anilines is 1. The van der Waals surface area contributed by atoms with Gasteiger partial charge in [0.15, 0.2) is 0 Å². The molecule has 1 amide bonds. The van der Waals surface area contributed by atoms with Gasteiger partial charge in [0.2, 0.25) is 0 Å². The van der Waals surface area contributed by atoms with Crippen LogP contribution >= 0.6 is 0 Å². The monoisotopic (exact) mass is 443 g/mol. The van der Waals surface area contributed by atoms with Crippen molar-refractivity contribution >= 4 is 17.8 Å². The van der Waals surface area contributed by atoms with E-state index in [0.29, 0.717) is 29.6 Å². The third-order valence-corrected chi connectivity index (χ3v) is 5.88. The average Bonchev–Trinajstić information content (AvgIpc) is 2.82. The Hall–Kier alpha value is -3.71. The van der Waals surface area contributed by atoms with E-state index in [-0.39, 0.29) is 5.91 Å². The maximum Gasteiger partial charge on any atom is 0.251 e. The van der Waals surface area contributed by atoms with Gasteiger partial charge in [-0.3, -0.25) is 9.78 Å². The molecule has 0 unspecified atom stereocenters. The van der Waals surface area contributed by atoms with Gasteiger partial charge >= 0.3 is 0 Å². The van der Waals surface area contributed by atoms with Gasteiger partial charge in [0.25, 0.3) is 5.91 Å². The molecule has 1 aliphatic heterocycles. The number of aryl methyl sites for hydroxylation is 1. The second kappa shape index (κ2) is 10.3. The van der Waals surface area contributed by atoms with E-state index in [1.165, 1.54) is 6.21 Å². The SMILES string of the molecule is CCc1cc(-c2cc(Oc3ccc(C=N)c(NC)c3)ccn2)ccc1C(=O)NC[C@@H]1CCN1. The van der Waals surface area contributed by atoms with Crippen molar-refractivity contribution < 1.29 is 9.53 Å². The summed E-state index contributed by atoms with van der Waals surface area (Å²) in [5.41, 5.74) is 5.02. The van der Waals surface area contributed by atoms with Crippen molar-refractivity contribution in [1.29, 1.82) is 5.41 Å². The van der Waals surface area contributed by atoms with Crippen molar-refractivity contribution in [2.24, 2.45) is 0 Å². The van der Waals surface area contributed by atoms with Crippen molar-refractivity contribution in [2.45, 2.75) is 25.8 Å². The van der Waals surface area contributed by atoms with Gasteiger partial charge in [-0.1, -0.05) is 13.0 Å². The molecule has 4 rings (SSSR count). The lowest BCUT2D eigenvalue weighted by molar-refractivity contribution is 0.0944. The summed E-state index contributed by atoms with van der Waals surface area (Å²) in [5.74, 6) is 1.30. The van der Waals surface area contributed by atoms with Crippen LogP contribution in [0, 0.1) is 5.41 Å². The van der Waals surface area contributed by atoms with Crippen molar-refractivity contribution in [3.05, 3.63) is 71.4 Å². The number of amides is 1. The van der Waals surface area contributed by atoms with Gasteiger partial charge in [0, 0.05) is 66.6 Å². The van der Waals surface area contributed by atoms with Crippen LogP contribution in [0.15, 0.2) is 54.7 Å². The molecule has 1 atom stereocenters. The highest BCUT2D eigenvalue weighted by atomic mass is 16.5. The number of carbonyl (C=O) groups is 1. The predicted octanol–water partition coefficient (Wildman–Crippen LogP) is 4.23. The first-order chi connectivity index (χ1) is 16.1. The lowest BCUT2D eigenvalue weighted by atomic mass is 9.99. The molecule has 1 aromatic heterocycles. The van der Waals surface area contributed by atoms with Gasteiger partial charge in [0.05, 0.1) is 5.69 Å². The Morgan fingerprint density at radius 3 is 2.73 bits per heavy atom. The highest BCUT2D eigenvalue weighted by Gasteiger charge is 2.18. The highest BCUT2D eigenvalue weighted by Crippen LogP contribution is 2.29. The number of benzene rings is 2. The summed E-state index contributed by atoms with van der Waals surface area (Å²) in [7, 11) is 1.82. The van der Waals surface area contributed by atoms with Gasteiger partial charge in [0.1, 0.15) is 11.5 Å². The lowest BCUT2D eigenvalue weighted by Gasteiger charge is -2.27. The van der Waals surface area contributed by atoms with Gasteiger partial charge in [-0.25, -0.2) is 0 Å². The highest BCUT2D eigenvalue weighted by molar-refractivity contribution is 5.96. The third-order valence-electron chi connectivity index (χ3n) is 5.88. The Kier molecular flexibility index (Phi) is 7.00. The molecule has 170 valence electrons. The maximum atomic E-state index is 12.7. The van der Waals surface area contributed by atoms with E-state index in [1.807, 2.05) is 62.5 Å². The van der Waals surface area contributed by atoms with Crippen LogP contribution < -0.4 is 20.7 Å². The number of aromatic nitrogens is 1. The summed E-state index contributed by atoms with van der Waals surface area (Å²) in [5, 5.41) is 16.9. The zero-order valence-electron chi connectivity index (χ0n) is 18.9. The van der Waals surface area contributed by atoms with Gasteiger partial charge in [-0.15, -0.1) is 0 Å². The van der Waals surface area contributed by atoms with E-state index < -0.39 is 0 Å². The molecule has 2 aromatic carbocycles. The number of nitrogens with one attached hydrogen (secondary N) is 4. The summed E-state index contributed by atoms with van der Waals surface area (Å²) in [4.78, 5) is 17.2. The molecule has 7 heteroatoms. The predicted molar refractivity (Wildman–Crippen MR) is 132 cm³/mol. The average molecular weight is 444 g/mol. The van der Waals surface area contributed by atoms with E-state index >= 15 is 0 Å². The molecular weight excluding hydrogens is 414 g/mol. The fourth-order valence-corrected chi connectivity index (χ4v) is 3.81. The fraction of sp³-hybridized carbons (Fsp3) is 0.269. The van der Waals surface area contributed by atoms with Gasteiger partial charge in [-0.2, -0.15) is 0 Å². The Bertz CT molecular complexity index is 1160. The standard InChI is InChI=1S/C26H29N5O2/c1-3-17-12-18(5-7-23(17)26(32)31-16-20-8-10-29-20)25-14-22(9-11-30-25)33-21-6-4-19(15-27)24(13-21)28-2/h4-7,9,11-15,20,27-29H,3,8,10,16H2,1-2H3,(H,31,32)/t20-/m0/s1. The largest absolute Gasteiger partial charge is 0.457 e. The quantitative estimate of drug-likeness (QED) is 0.371. The summed E-state index contributed by atoms with van der Waals surface area (Å²) in [6.07, 6.45) is 4.88. The molecule has 0 radical (unpaired) electrons. The number of carbonyl (C=O) groups excluding carboxylic acids is 1. The second-order valence-electron chi connectivity index (χ2n) is 8.00. The van der Waals surface area contributed by atoms with Crippen LogP contribution in [0.25, 0.3) is 11.3 Å². The summed E-state index contributed by atoms with van der Waals surface area (Å²) >= 11 is 0. The molecule has 3 aromatic rings. The summed E-state index contributed by atoms with van der Waals surface area (Å²) < 4.78 is 6.05. The topological polar surface area (TPSA) is 99.1 Å². The van der Waals surface area contributed by atoms with Gasteiger partial charge in [-0.05, 0) is 55.3 Å². The number of ether oxygens (including phenoxy) is 1. The van der Waals surface area contributed by atoms with E-state index in [0.717, 1.165) is 47.5 Å². The van der Waals surface area contributed by atoms with Crippen molar-refractivity contribution in [1.82, 2.24) is 15.6 Å². The minimum absolute atomic E-state index is 0.0362. The Balaban J connectivity index is 1.52. The maximum absolute atomic E-state index is 12.7. The van der Waals surface area contributed by atoms with Crippen LogP contribution in [0.4, 0.5) is 5.69 Å². The Labute approximate surface area is 194 Å². The number of hydrogen-bond donors (Lipinski definition) is 4. The molecule has 0 bridgehead atoms. The zero-order chi connectivity index (χ0) is 23.2. The minimum Gasteiger partial charge on any atom is -0.457 e. The molecule has 1 fully saturated rings. The fourth-order valence-electron chi connectivity index (χ4n) is 3.81. The first-order valence-corrected chi connectivity index (χ1v) is 11.2. The minimum atomic E-state index is -0.0362. The molecule has 33 heavy (non-hydrogen) atoms. The van der Waals surface area contributed by atoms with Crippen molar-refractivity contribution in [2.75, 3.05) is 25.5 Å². The smallest absolute Gasteiger partial charge is 0.251 e. The van der Waals surface area contributed by atoms with Crippen LogP contribution in [0.1, 0.15) is 34.8 Å². The molecule has 0 saturated carbocycles. The van der Waals surface area contributed by atoms with E-state index in [1.54, 1.807) is 6.20 Å². The lowest BCUT2D eigenvalue weighted by Crippen LogP contribution is -2.50. The summed E-state index contributed by atoms with van der Waals surface area (Å²) in [6, 6.07) is 15.5. The number of pyridine rings is 1. The Morgan fingerprint density at radius 1 is 1.21 bits per heavy atom. The number of rotatable bonds is 9. The number of hydrogen-bond acceptors (Lipinski definition) is 6. The molecule has 0 spiro atoms. The summed E-state index contributed by atoms with van der Waals surface area (Å²) in [6.45, 7) is 3.73.